The molecule has 0 radical (unpaired) electrons. The molecule has 2 N–H and O–H groups in total. The molecule has 2 unspecified atom stereocenters. The lowest BCUT2D eigenvalue weighted by atomic mass is 10.0. The van der Waals surface area contributed by atoms with Crippen molar-refractivity contribution in [2.45, 2.75) is 26.4 Å². The molecule has 2 rings (SSSR count). The Hall–Kier alpha value is -0.980. The molecule has 100 valence electrons. The second-order valence-electron chi connectivity index (χ2n) is 4.39. The fourth-order valence-electron chi connectivity index (χ4n) is 2.07. The van der Waals surface area contributed by atoms with Crippen molar-refractivity contribution in [2.24, 2.45) is 5.92 Å². The number of thiazole rings is 1. The molecule has 1 amide bonds. The third-order valence-electron chi connectivity index (χ3n) is 3.15. The summed E-state index contributed by atoms with van der Waals surface area (Å²) in [7, 11) is 0. The molecule has 6 heteroatoms. The molecule has 0 aromatic carbocycles. The van der Waals surface area contributed by atoms with E-state index in [1.807, 2.05) is 13.8 Å². The van der Waals surface area contributed by atoms with Gasteiger partial charge in [-0.1, -0.05) is 6.92 Å². The van der Waals surface area contributed by atoms with Gasteiger partial charge in [-0.25, -0.2) is 4.98 Å². The van der Waals surface area contributed by atoms with Crippen molar-refractivity contribution in [1.82, 2.24) is 15.6 Å². The lowest BCUT2D eigenvalue weighted by molar-refractivity contribution is -0.125. The van der Waals surface area contributed by atoms with E-state index in [9.17, 15) is 4.79 Å². The smallest absolute Gasteiger partial charge is 0.227 e. The average molecular weight is 269 g/mol. The first-order valence-corrected chi connectivity index (χ1v) is 7.08. The SMILES string of the molecule is CCNC1COCC1C(=O)NCc1scnc1C. The Morgan fingerprint density at radius 2 is 2.44 bits per heavy atom. The van der Waals surface area contributed by atoms with E-state index in [0.29, 0.717) is 19.8 Å². The molecule has 0 spiro atoms. The van der Waals surface area contributed by atoms with Crippen molar-refractivity contribution in [3.05, 3.63) is 16.1 Å². The van der Waals surface area contributed by atoms with Gasteiger partial charge in [0.1, 0.15) is 0 Å². The van der Waals surface area contributed by atoms with E-state index in [1.54, 1.807) is 16.8 Å². The summed E-state index contributed by atoms with van der Waals surface area (Å²) in [4.78, 5) is 17.4. The normalized spacial score (nSPS) is 23.2. The number of amides is 1. The van der Waals surface area contributed by atoms with E-state index >= 15 is 0 Å². The number of nitrogens with zero attached hydrogens (tertiary/aromatic N) is 1. The summed E-state index contributed by atoms with van der Waals surface area (Å²) >= 11 is 1.57. The zero-order valence-electron chi connectivity index (χ0n) is 10.7. The van der Waals surface area contributed by atoms with Crippen LogP contribution in [0.15, 0.2) is 5.51 Å². The Bertz CT molecular complexity index is 408. The third kappa shape index (κ3) is 3.07. The molecule has 1 aliphatic rings. The van der Waals surface area contributed by atoms with Gasteiger partial charge in [0.2, 0.25) is 5.91 Å². The number of aryl methyl sites for hydroxylation is 1. The highest BCUT2D eigenvalue weighted by Gasteiger charge is 2.33. The van der Waals surface area contributed by atoms with Gasteiger partial charge >= 0.3 is 0 Å². The highest BCUT2D eigenvalue weighted by atomic mass is 32.1. The summed E-state index contributed by atoms with van der Waals surface area (Å²) in [5.74, 6) is -0.0237. The first kappa shape index (κ1) is 13.5. The molecular weight excluding hydrogens is 250 g/mol. The Labute approximate surface area is 111 Å². The van der Waals surface area contributed by atoms with Crippen molar-refractivity contribution in [1.29, 1.82) is 0 Å². The monoisotopic (exact) mass is 269 g/mol. The maximum absolute atomic E-state index is 12.1. The number of hydrogen-bond acceptors (Lipinski definition) is 5. The van der Waals surface area contributed by atoms with Gasteiger partial charge in [0.25, 0.3) is 0 Å². The van der Waals surface area contributed by atoms with Crippen LogP contribution in [0.5, 0.6) is 0 Å². The molecule has 0 saturated carbocycles. The first-order valence-electron chi connectivity index (χ1n) is 6.20. The Kier molecular flexibility index (Phi) is 4.68. The van der Waals surface area contributed by atoms with Crippen molar-refractivity contribution >= 4 is 17.2 Å². The van der Waals surface area contributed by atoms with Gasteiger partial charge in [-0.15, -0.1) is 11.3 Å². The Balaban J connectivity index is 1.86. The van der Waals surface area contributed by atoms with Crippen LogP contribution in [0, 0.1) is 12.8 Å². The van der Waals surface area contributed by atoms with E-state index < -0.39 is 0 Å². The van der Waals surface area contributed by atoms with E-state index in [2.05, 4.69) is 15.6 Å². The van der Waals surface area contributed by atoms with Crippen LogP contribution in [-0.4, -0.2) is 36.7 Å². The molecule has 1 aromatic heterocycles. The fourth-order valence-corrected chi connectivity index (χ4v) is 2.79. The number of nitrogens with one attached hydrogen (secondary N) is 2. The molecular formula is C12H19N3O2S. The van der Waals surface area contributed by atoms with E-state index in [0.717, 1.165) is 17.1 Å². The van der Waals surface area contributed by atoms with Crippen molar-refractivity contribution in [3.63, 3.8) is 0 Å². The van der Waals surface area contributed by atoms with Gasteiger partial charge in [0.15, 0.2) is 0 Å². The average Bonchev–Trinajstić information content (AvgIpc) is 2.96. The summed E-state index contributed by atoms with van der Waals surface area (Å²) in [6.07, 6.45) is 0. The fraction of sp³-hybridized carbons (Fsp3) is 0.667. The largest absolute Gasteiger partial charge is 0.379 e. The molecule has 0 bridgehead atoms. The van der Waals surface area contributed by atoms with E-state index in [-0.39, 0.29) is 17.9 Å². The van der Waals surface area contributed by atoms with Crippen LogP contribution in [0.25, 0.3) is 0 Å². The number of aromatic nitrogens is 1. The molecule has 1 aromatic rings. The van der Waals surface area contributed by atoms with Crippen LogP contribution < -0.4 is 10.6 Å². The Morgan fingerprint density at radius 1 is 1.61 bits per heavy atom. The predicted octanol–water partition coefficient (Wildman–Crippen LogP) is 0.692. The zero-order valence-corrected chi connectivity index (χ0v) is 11.5. The molecule has 0 aliphatic carbocycles. The van der Waals surface area contributed by atoms with Gasteiger partial charge in [-0.2, -0.15) is 0 Å². The van der Waals surface area contributed by atoms with E-state index in [1.165, 1.54) is 0 Å². The standard InChI is InChI=1S/C12H19N3O2S/c1-3-13-10-6-17-5-9(10)12(16)14-4-11-8(2)15-7-18-11/h7,9-10,13H,3-6H2,1-2H3,(H,14,16). The number of carbonyl (C=O) groups excluding carboxylic acids is 1. The second kappa shape index (κ2) is 6.26. The minimum absolute atomic E-state index is 0.0613. The van der Waals surface area contributed by atoms with Crippen LogP contribution in [0.2, 0.25) is 0 Å². The quantitative estimate of drug-likeness (QED) is 0.825. The lowest BCUT2D eigenvalue weighted by Gasteiger charge is -2.17. The summed E-state index contributed by atoms with van der Waals surface area (Å²) in [6, 6.07) is 0.137. The highest BCUT2D eigenvalue weighted by molar-refractivity contribution is 7.09. The molecule has 5 nitrogen and oxygen atoms in total. The zero-order chi connectivity index (χ0) is 13.0. The number of hydrogen-bond donors (Lipinski definition) is 2. The number of likely N-dealkylation sites (N-methyl/N-ethyl adjacent to an activating group) is 1. The molecule has 2 atom stereocenters. The van der Waals surface area contributed by atoms with Gasteiger partial charge in [0, 0.05) is 10.9 Å². The van der Waals surface area contributed by atoms with Crippen molar-refractivity contribution < 1.29 is 9.53 Å². The maximum atomic E-state index is 12.1. The van der Waals surface area contributed by atoms with Crippen LogP contribution >= 0.6 is 11.3 Å². The topological polar surface area (TPSA) is 63.2 Å². The maximum Gasteiger partial charge on any atom is 0.227 e. The summed E-state index contributed by atoms with van der Waals surface area (Å²) < 4.78 is 5.37. The van der Waals surface area contributed by atoms with Gasteiger partial charge in [0.05, 0.1) is 36.9 Å². The number of rotatable bonds is 5. The minimum atomic E-state index is -0.0850. The van der Waals surface area contributed by atoms with Gasteiger partial charge in [-0.3, -0.25) is 4.79 Å². The number of ether oxygens (including phenoxy) is 1. The van der Waals surface area contributed by atoms with Gasteiger partial charge < -0.3 is 15.4 Å². The highest BCUT2D eigenvalue weighted by Crippen LogP contribution is 2.15. The predicted molar refractivity (Wildman–Crippen MR) is 70.5 cm³/mol. The molecule has 1 aliphatic heterocycles. The van der Waals surface area contributed by atoms with Crippen LogP contribution in [0.3, 0.4) is 0 Å². The first-order chi connectivity index (χ1) is 8.72. The number of carbonyl (C=O) groups is 1. The summed E-state index contributed by atoms with van der Waals surface area (Å²) in [5, 5.41) is 6.25. The summed E-state index contributed by atoms with van der Waals surface area (Å²) in [5.41, 5.74) is 2.79. The van der Waals surface area contributed by atoms with Crippen LogP contribution in [0.1, 0.15) is 17.5 Å². The van der Waals surface area contributed by atoms with Crippen molar-refractivity contribution in [2.75, 3.05) is 19.8 Å². The lowest BCUT2D eigenvalue weighted by Crippen LogP contribution is -2.43. The minimum Gasteiger partial charge on any atom is -0.379 e. The summed E-state index contributed by atoms with van der Waals surface area (Å²) in [6.45, 7) is 6.53. The van der Waals surface area contributed by atoms with Crippen LogP contribution in [0.4, 0.5) is 0 Å². The molecule has 2 heterocycles. The Morgan fingerprint density at radius 3 is 3.11 bits per heavy atom. The van der Waals surface area contributed by atoms with Crippen molar-refractivity contribution in [3.8, 4) is 0 Å². The van der Waals surface area contributed by atoms with E-state index in [4.69, 9.17) is 4.74 Å². The van der Waals surface area contributed by atoms with Crippen LogP contribution in [-0.2, 0) is 16.1 Å². The molecule has 1 saturated heterocycles. The third-order valence-corrected chi connectivity index (χ3v) is 4.09. The molecule has 1 fully saturated rings. The van der Waals surface area contributed by atoms with Gasteiger partial charge in [-0.05, 0) is 13.5 Å². The second-order valence-corrected chi connectivity index (χ2v) is 5.33. The molecule has 18 heavy (non-hydrogen) atoms.